The minimum atomic E-state index is -0.444. The van der Waals surface area contributed by atoms with Gasteiger partial charge < -0.3 is 10.1 Å². The average molecular weight is 434 g/mol. The fourth-order valence-electron chi connectivity index (χ4n) is 3.32. The number of nitrogens with one attached hydrogen (secondary N) is 1. The summed E-state index contributed by atoms with van der Waals surface area (Å²) in [6, 6.07) is 29.2. The van der Waals surface area contributed by atoms with Crippen molar-refractivity contribution < 1.29 is 9.53 Å². The molecular weight excluding hydrogens is 412 g/mol. The number of nitriles is 1. The first-order valence-electron chi connectivity index (χ1n) is 10.4. The highest BCUT2D eigenvalue weighted by molar-refractivity contribution is 6.02. The first-order chi connectivity index (χ1) is 16.2. The number of carbonyl (C=O) groups is 1. The van der Waals surface area contributed by atoms with Gasteiger partial charge in [0.15, 0.2) is 0 Å². The topological polar surface area (TPSA) is 79.9 Å². The van der Waals surface area contributed by atoms with Gasteiger partial charge in [-0.15, -0.1) is 0 Å². The Labute approximate surface area is 192 Å². The molecule has 0 aliphatic heterocycles. The third kappa shape index (κ3) is 5.17. The molecule has 0 aliphatic rings. The van der Waals surface area contributed by atoms with Crippen molar-refractivity contribution in [3.8, 4) is 28.8 Å². The van der Waals surface area contributed by atoms with Crippen LogP contribution in [0.4, 0.5) is 0 Å². The molecule has 1 N–H and O–H groups in total. The summed E-state index contributed by atoms with van der Waals surface area (Å²) < 4.78 is 7.62. The molecular formula is C27H22N4O2. The fraction of sp³-hybridized carbons (Fsp3) is 0.0741. The maximum absolute atomic E-state index is 12.1. The van der Waals surface area contributed by atoms with Gasteiger partial charge >= 0.3 is 0 Å². The zero-order valence-electron chi connectivity index (χ0n) is 18.1. The van der Waals surface area contributed by atoms with Gasteiger partial charge in [0.05, 0.1) is 11.4 Å². The zero-order valence-corrected chi connectivity index (χ0v) is 18.1. The van der Waals surface area contributed by atoms with Crippen LogP contribution in [0.5, 0.6) is 5.75 Å². The molecule has 1 amide bonds. The molecule has 0 aliphatic carbocycles. The van der Waals surface area contributed by atoms with Crippen molar-refractivity contribution in [2.24, 2.45) is 0 Å². The van der Waals surface area contributed by atoms with E-state index in [0.29, 0.717) is 17.9 Å². The van der Waals surface area contributed by atoms with Crippen LogP contribution in [0.3, 0.4) is 0 Å². The Morgan fingerprint density at radius 3 is 2.33 bits per heavy atom. The van der Waals surface area contributed by atoms with Crippen LogP contribution in [0.1, 0.15) is 11.1 Å². The summed E-state index contributed by atoms with van der Waals surface area (Å²) in [6.45, 7) is 0.481. The van der Waals surface area contributed by atoms with E-state index in [9.17, 15) is 10.1 Å². The Balaban J connectivity index is 1.66. The summed E-state index contributed by atoms with van der Waals surface area (Å²) in [7, 11) is 1.50. The molecule has 0 fully saturated rings. The second kappa shape index (κ2) is 10.1. The predicted octanol–water partition coefficient (Wildman–Crippen LogP) is 4.77. The third-order valence-electron chi connectivity index (χ3n) is 5.03. The molecule has 162 valence electrons. The minimum Gasteiger partial charge on any atom is -0.489 e. The van der Waals surface area contributed by atoms with Crippen LogP contribution in [0.2, 0.25) is 0 Å². The van der Waals surface area contributed by atoms with Gasteiger partial charge in [-0.3, -0.25) is 4.79 Å². The van der Waals surface area contributed by atoms with Crippen molar-refractivity contribution in [1.29, 1.82) is 5.26 Å². The number of likely N-dealkylation sites (N-methyl/N-ethyl adjacent to an activating group) is 1. The first kappa shape index (κ1) is 21.6. The molecule has 33 heavy (non-hydrogen) atoms. The van der Waals surface area contributed by atoms with Crippen LogP contribution in [0.25, 0.3) is 23.0 Å². The van der Waals surface area contributed by atoms with E-state index >= 15 is 0 Å². The van der Waals surface area contributed by atoms with Gasteiger partial charge in [0.1, 0.15) is 24.0 Å². The molecule has 1 heterocycles. The largest absolute Gasteiger partial charge is 0.489 e. The smallest absolute Gasteiger partial charge is 0.261 e. The maximum Gasteiger partial charge on any atom is 0.261 e. The van der Waals surface area contributed by atoms with Crippen molar-refractivity contribution >= 4 is 12.0 Å². The molecule has 0 saturated heterocycles. The Hall–Kier alpha value is -4.63. The fourth-order valence-corrected chi connectivity index (χ4v) is 3.32. The van der Waals surface area contributed by atoms with Crippen molar-refractivity contribution in [2.45, 2.75) is 6.61 Å². The van der Waals surface area contributed by atoms with E-state index in [-0.39, 0.29) is 5.57 Å². The zero-order chi connectivity index (χ0) is 23.0. The number of aromatic nitrogens is 2. The molecule has 0 saturated carbocycles. The third-order valence-corrected chi connectivity index (χ3v) is 5.03. The highest BCUT2D eigenvalue weighted by atomic mass is 16.5. The van der Waals surface area contributed by atoms with Crippen LogP contribution in [0.15, 0.2) is 96.7 Å². The molecule has 0 bridgehead atoms. The van der Waals surface area contributed by atoms with Crippen molar-refractivity contribution in [3.05, 3.63) is 108 Å². The highest BCUT2D eigenvalue weighted by Gasteiger charge is 2.14. The van der Waals surface area contributed by atoms with E-state index < -0.39 is 5.91 Å². The number of hydrogen-bond acceptors (Lipinski definition) is 4. The van der Waals surface area contributed by atoms with Gasteiger partial charge in [0.25, 0.3) is 5.91 Å². The number of amides is 1. The highest BCUT2D eigenvalue weighted by Crippen LogP contribution is 2.28. The lowest BCUT2D eigenvalue weighted by Gasteiger charge is -2.07. The average Bonchev–Trinajstić information content (AvgIpc) is 3.31. The first-order valence-corrected chi connectivity index (χ1v) is 10.4. The molecule has 4 aromatic rings. The van der Waals surface area contributed by atoms with E-state index in [1.165, 1.54) is 7.05 Å². The van der Waals surface area contributed by atoms with E-state index in [2.05, 4.69) is 5.32 Å². The van der Waals surface area contributed by atoms with Crippen LogP contribution >= 0.6 is 0 Å². The summed E-state index contributed by atoms with van der Waals surface area (Å²) in [5.41, 5.74) is 4.14. The predicted molar refractivity (Wildman–Crippen MR) is 127 cm³/mol. The summed E-state index contributed by atoms with van der Waals surface area (Å²) >= 11 is 0. The van der Waals surface area contributed by atoms with Crippen LogP contribution in [0, 0.1) is 11.3 Å². The van der Waals surface area contributed by atoms with Crippen LogP contribution < -0.4 is 10.1 Å². The number of ether oxygens (including phenoxy) is 1. The number of rotatable bonds is 7. The Kier molecular flexibility index (Phi) is 6.62. The normalized spacial score (nSPS) is 11.0. The van der Waals surface area contributed by atoms with E-state index in [1.54, 1.807) is 10.8 Å². The SMILES string of the molecule is CNC(=O)C(C#N)=Cc1cn(-c2ccccc2)nc1-c1ccc(OCc2ccccc2)cc1. The van der Waals surface area contributed by atoms with Crippen molar-refractivity contribution in [2.75, 3.05) is 7.05 Å². The summed E-state index contributed by atoms with van der Waals surface area (Å²) in [4.78, 5) is 12.1. The number of carbonyl (C=O) groups excluding carboxylic acids is 1. The van der Waals surface area contributed by atoms with Gasteiger partial charge in [0, 0.05) is 24.4 Å². The molecule has 3 aromatic carbocycles. The summed E-state index contributed by atoms with van der Waals surface area (Å²) in [5, 5.41) is 16.7. The minimum absolute atomic E-state index is 0.00850. The van der Waals surface area contributed by atoms with Crippen LogP contribution in [-0.2, 0) is 11.4 Å². The van der Waals surface area contributed by atoms with Gasteiger partial charge in [0.2, 0.25) is 0 Å². The lowest BCUT2D eigenvalue weighted by Crippen LogP contribution is -2.19. The Bertz CT molecular complexity index is 1300. The maximum atomic E-state index is 12.1. The van der Waals surface area contributed by atoms with Gasteiger partial charge in [-0.1, -0.05) is 48.5 Å². The van der Waals surface area contributed by atoms with Crippen LogP contribution in [-0.4, -0.2) is 22.7 Å². The molecule has 6 nitrogen and oxygen atoms in total. The number of para-hydroxylation sites is 1. The van der Waals surface area contributed by atoms with Crippen molar-refractivity contribution in [1.82, 2.24) is 15.1 Å². The Morgan fingerprint density at radius 1 is 1.03 bits per heavy atom. The quantitative estimate of drug-likeness (QED) is 0.336. The van der Waals surface area contributed by atoms with Crippen molar-refractivity contribution in [3.63, 3.8) is 0 Å². The number of nitrogens with zero attached hydrogens (tertiary/aromatic N) is 3. The second-order valence-electron chi connectivity index (χ2n) is 7.26. The van der Waals surface area contributed by atoms with E-state index in [1.807, 2.05) is 97.2 Å². The lowest BCUT2D eigenvalue weighted by atomic mass is 10.1. The summed E-state index contributed by atoms with van der Waals surface area (Å²) in [6.07, 6.45) is 3.37. The molecule has 1 aromatic heterocycles. The van der Waals surface area contributed by atoms with Gasteiger partial charge in [-0.05, 0) is 48.0 Å². The monoisotopic (exact) mass is 434 g/mol. The molecule has 0 radical (unpaired) electrons. The number of hydrogen-bond donors (Lipinski definition) is 1. The molecule has 6 heteroatoms. The Morgan fingerprint density at radius 2 is 1.70 bits per heavy atom. The van der Waals surface area contributed by atoms with E-state index in [4.69, 9.17) is 9.84 Å². The van der Waals surface area contributed by atoms with Gasteiger partial charge in [-0.2, -0.15) is 10.4 Å². The second-order valence-corrected chi connectivity index (χ2v) is 7.26. The molecule has 0 spiro atoms. The number of benzene rings is 3. The van der Waals surface area contributed by atoms with E-state index in [0.717, 1.165) is 22.6 Å². The molecule has 0 atom stereocenters. The summed E-state index contributed by atoms with van der Waals surface area (Å²) in [5.74, 6) is 0.297. The van der Waals surface area contributed by atoms with Gasteiger partial charge in [-0.25, -0.2) is 4.68 Å². The molecule has 0 unspecified atom stereocenters. The standard InChI is InChI=1S/C27H22N4O2/c1-29-27(32)22(17-28)16-23-18-31(24-10-6-3-7-11-24)30-26(23)21-12-14-25(15-13-21)33-19-20-8-4-2-5-9-20/h2-16,18H,19H2,1H3,(H,29,32). The molecule has 4 rings (SSSR count). The lowest BCUT2D eigenvalue weighted by molar-refractivity contribution is -0.116.